The molecular weight excluding hydrogens is 363 g/mol. The van der Waals surface area contributed by atoms with Gasteiger partial charge in [-0.05, 0) is 29.8 Å². The van der Waals surface area contributed by atoms with Crippen LogP contribution in [0.4, 0.5) is 9.18 Å². The molecule has 1 aliphatic heterocycles. The van der Waals surface area contributed by atoms with Crippen molar-refractivity contribution in [1.29, 1.82) is 0 Å². The van der Waals surface area contributed by atoms with Crippen LogP contribution in [-0.2, 0) is 25.4 Å². The first kappa shape index (κ1) is 17.7. The molecule has 28 heavy (non-hydrogen) atoms. The number of hydrogen-bond acceptors (Lipinski definition) is 3. The van der Waals surface area contributed by atoms with Crippen LogP contribution in [0.3, 0.4) is 0 Å². The molecule has 1 N–H and O–H groups in total. The fourth-order valence-corrected chi connectivity index (χ4v) is 3.29. The van der Waals surface area contributed by atoms with E-state index in [2.05, 4.69) is 5.32 Å². The van der Waals surface area contributed by atoms with Crippen LogP contribution in [-0.4, -0.2) is 26.0 Å². The van der Waals surface area contributed by atoms with Crippen molar-refractivity contribution < 1.29 is 14.0 Å². The maximum atomic E-state index is 13.8. The molecule has 1 aliphatic rings. The molecule has 0 saturated carbocycles. The molecule has 0 radical (unpaired) electrons. The van der Waals surface area contributed by atoms with Gasteiger partial charge in [-0.1, -0.05) is 24.3 Å². The molecule has 0 unspecified atom stereocenters. The van der Waals surface area contributed by atoms with E-state index >= 15 is 0 Å². The van der Waals surface area contributed by atoms with Crippen molar-refractivity contribution >= 4 is 29.0 Å². The summed E-state index contributed by atoms with van der Waals surface area (Å²) in [5, 5.41) is 2.52. The van der Waals surface area contributed by atoms with Crippen LogP contribution in [0.1, 0.15) is 11.1 Å². The Bertz CT molecular complexity index is 1220. The summed E-state index contributed by atoms with van der Waals surface area (Å²) in [4.78, 5) is 37.8. The van der Waals surface area contributed by atoms with Crippen LogP contribution in [0.25, 0.3) is 17.1 Å². The monoisotopic (exact) mass is 380 g/mol. The van der Waals surface area contributed by atoms with E-state index in [4.69, 9.17) is 0 Å². The maximum absolute atomic E-state index is 13.8. The second-order valence-electron chi connectivity index (χ2n) is 6.62. The van der Waals surface area contributed by atoms with Gasteiger partial charge < -0.3 is 5.32 Å². The highest BCUT2D eigenvalue weighted by atomic mass is 19.1. The summed E-state index contributed by atoms with van der Waals surface area (Å²) in [5.74, 6) is -1.01. The minimum Gasteiger partial charge on any atom is -0.303 e. The molecule has 1 fully saturated rings. The van der Waals surface area contributed by atoms with Gasteiger partial charge in [0, 0.05) is 19.7 Å². The van der Waals surface area contributed by atoms with Gasteiger partial charge in [0.1, 0.15) is 11.5 Å². The quantitative estimate of drug-likeness (QED) is 0.559. The highest BCUT2D eigenvalue weighted by molar-refractivity contribution is 6.14. The third-order valence-corrected chi connectivity index (χ3v) is 4.86. The van der Waals surface area contributed by atoms with Crippen molar-refractivity contribution in [2.75, 3.05) is 0 Å². The van der Waals surface area contributed by atoms with Crippen molar-refractivity contribution in [3.05, 3.63) is 75.6 Å². The molecule has 2 heterocycles. The highest BCUT2D eigenvalue weighted by Crippen LogP contribution is 2.20. The molecule has 7 nitrogen and oxygen atoms in total. The summed E-state index contributed by atoms with van der Waals surface area (Å²) in [6, 6.07) is 10.7. The average Bonchev–Trinajstić information content (AvgIpc) is 3.06. The fraction of sp³-hybridized carbons (Fsp3) is 0.150. The van der Waals surface area contributed by atoms with Crippen molar-refractivity contribution in [3.63, 3.8) is 0 Å². The first-order valence-corrected chi connectivity index (χ1v) is 8.60. The van der Waals surface area contributed by atoms with Crippen molar-refractivity contribution in [1.82, 2.24) is 19.4 Å². The number of urea groups is 1. The normalized spacial score (nSPS) is 15.7. The van der Waals surface area contributed by atoms with Gasteiger partial charge in [0.15, 0.2) is 0 Å². The molecule has 0 atom stereocenters. The predicted molar refractivity (Wildman–Crippen MR) is 102 cm³/mol. The van der Waals surface area contributed by atoms with Gasteiger partial charge in [0.2, 0.25) is 0 Å². The fourth-order valence-electron chi connectivity index (χ4n) is 3.29. The number of carbonyl (C=O) groups is 2. The molecule has 4 rings (SSSR count). The number of rotatable bonds is 3. The number of hydrogen-bond donors (Lipinski definition) is 1. The van der Waals surface area contributed by atoms with Gasteiger partial charge in [-0.3, -0.25) is 18.8 Å². The number of carbonyl (C=O) groups excluding carboxylic acids is 2. The zero-order valence-corrected chi connectivity index (χ0v) is 15.3. The number of nitrogens with one attached hydrogen (secondary N) is 1. The third kappa shape index (κ3) is 2.79. The predicted octanol–water partition coefficient (Wildman–Crippen LogP) is 2.11. The number of nitrogens with zero attached hydrogens (tertiary/aromatic N) is 3. The maximum Gasteiger partial charge on any atom is 0.329 e. The lowest BCUT2D eigenvalue weighted by atomic mass is 10.1. The first-order chi connectivity index (χ1) is 13.4. The lowest BCUT2D eigenvalue weighted by Crippen LogP contribution is -2.30. The van der Waals surface area contributed by atoms with E-state index in [0.29, 0.717) is 11.1 Å². The highest BCUT2D eigenvalue weighted by Gasteiger charge is 2.34. The number of benzene rings is 2. The van der Waals surface area contributed by atoms with E-state index in [1.165, 1.54) is 21.3 Å². The largest absolute Gasteiger partial charge is 0.329 e. The second kappa shape index (κ2) is 6.49. The number of halogens is 1. The van der Waals surface area contributed by atoms with Crippen molar-refractivity contribution in [2.45, 2.75) is 6.54 Å². The first-order valence-electron chi connectivity index (χ1n) is 8.60. The van der Waals surface area contributed by atoms with Crippen molar-refractivity contribution in [3.8, 4) is 0 Å². The Morgan fingerprint density at radius 3 is 2.46 bits per heavy atom. The molecule has 0 spiro atoms. The lowest BCUT2D eigenvalue weighted by molar-refractivity contribution is -0.123. The molecule has 0 bridgehead atoms. The molecular formula is C20H17FN4O3. The molecule has 2 aromatic carbocycles. The smallest absolute Gasteiger partial charge is 0.303 e. The number of fused-ring (bicyclic) bond motifs is 1. The van der Waals surface area contributed by atoms with E-state index in [9.17, 15) is 18.8 Å². The summed E-state index contributed by atoms with van der Waals surface area (Å²) in [6.45, 7) is -0.152. The molecule has 8 heteroatoms. The zero-order valence-electron chi connectivity index (χ0n) is 15.3. The zero-order chi connectivity index (χ0) is 20.0. The summed E-state index contributed by atoms with van der Waals surface area (Å²) >= 11 is 0. The van der Waals surface area contributed by atoms with E-state index in [1.54, 1.807) is 50.5 Å². The Hall–Kier alpha value is -3.68. The number of imidazole rings is 1. The molecule has 1 aromatic heterocycles. The van der Waals surface area contributed by atoms with Gasteiger partial charge in [-0.15, -0.1) is 0 Å². The SMILES string of the molecule is Cn1c(=O)n(C)c2cc(/C=C3\NC(=O)N(Cc4ccccc4F)C3=O)ccc21. The topological polar surface area (TPSA) is 76.3 Å². The minimum absolute atomic E-state index is 0.0987. The van der Waals surface area contributed by atoms with Crippen LogP contribution in [0, 0.1) is 5.82 Å². The average molecular weight is 380 g/mol. The molecule has 0 aliphatic carbocycles. The summed E-state index contributed by atoms with van der Waals surface area (Å²) in [5.41, 5.74) is 2.33. The van der Waals surface area contributed by atoms with Crippen LogP contribution in [0.5, 0.6) is 0 Å². The molecule has 3 amide bonds. The van der Waals surface area contributed by atoms with Crippen molar-refractivity contribution in [2.24, 2.45) is 14.1 Å². The Morgan fingerprint density at radius 2 is 1.71 bits per heavy atom. The van der Waals surface area contributed by atoms with E-state index in [-0.39, 0.29) is 23.5 Å². The summed E-state index contributed by atoms with van der Waals surface area (Å²) < 4.78 is 16.9. The Labute approximate surface area is 159 Å². The minimum atomic E-state index is -0.604. The van der Waals surface area contributed by atoms with E-state index < -0.39 is 17.8 Å². The lowest BCUT2D eigenvalue weighted by Gasteiger charge is -2.12. The second-order valence-corrected chi connectivity index (χ2v) is 6.62. The van der Waals surface area contributed by atoms with Crippen LogP contribution >= 0.6 is 0 Å². The Kier molecular flexibility index (Phi) is 4.11. The third-order valence-electron chi connectivity index (χ3n) is 4.86. The van der Waals surface area contributed by atoms with Crippen LogP contribution < -0.4 is 11.0 Å². The molecule has 142 valence electrons. The van der Waals surface area contributed by atoms with Crippen LogP contribution in [0.15, 0.2) is 53.0 Å². The number of aryl methyl sites for hydroxylation is 2. The van der Waals surface area contributed by atoms with E-state index in [1.807, 2.05) is 0 Å². The number of imide groups is 1. The Balaban J connectivity index is 1.66. The van der Waals surface area contributed by atoms with Gasteiger partial charge in [0.05, 0.1) is 17.6 Å². The number of amides is 3. The van der Waals surface area contributed by atoms with E-state index in [0.717, 1.165) is 10.4 Å². The number of aromatic nitrogens is 2. The summed E-state index contributed by atoms with van der Waals surface area (Å²) in [6.07, 6.45) is 1.54. The van der Waals surface area contributed by atoms with Gasteiger partial charge >= 0.3 is 11.7 Å². The van der Waals surface area contributed by atoms with Gasteiger partial charge in [-0.25, -0.2) is 14.0 Å². The molecule has 1 saturated heterocycles. The Morgan fingerprint density at radius 1 is 1.00 bits per heavy atom. The van der Waals surface area contributed by atoms with Gasteiger partial charge in [0.25, 0.3) is 5.91 Å². The summed E-state index contributed by atoms with van der Waals surface area (Å²) in [7, 11) is 3.35. The van der Waals surface area contributed by atoms with Gasteiger partial charge in [-0.2, -0.15) is 0 Å². The standard InChI is InChI=1S/C20H17FN4O3/c1-23-16-8-7-12(10-17(16)24(2)20(23)28)9-15-18(26)25(19(27)22-15)11-13-5-3-4-6-14(13)21/h3-10H,11H2,1-2H3,(H,22,27)/b15-9-. The van der Waals surface area contributed by atoms with Crippen LogP contribution in [0.2, 0.25) is 0 Å². The molecule has 3 aromatic rings.